The van der Waals surface area contributed by atoms with Crippen molar-refractivity contribution in [2.45, 2.75) is 24.2 Å². The molecular formula is C8H12F2NO5S-. The molecule has 17 heavy (non-hydrogen) atoms. The van der Waals surface area contributed by atoms with E-state index in [1.165, 1.54) is 0 Å². The number of esters is 1. The summed E-state index contributed by atoms with van der Waals surface area (Å²) >= 11 is -0.677. The highest BCUT2D eigenvalue weighted by molar-refractivity contribution is 7.96. The summed E-state index contributed by atoms with van der Waals surface area (Å²) in [6, 6.07) is 0. The van der Waals surface area contributed by atoms with Crippen LogP contribution < -0.4 is 5.26 Å². The van der Waals surface area contributed by atoms with E-state index in [9.17, 15) is 18.8 Å². The standard InChI is InChI=1S/C8H13F2NO5S/c1-11-4-2-6(3-5-11)14-7(12)8(9,10)17-16-15-13/h6,13H,2-5H2,1H3/p-1. The minimum Gasteiger partial charge on any atom is -0.691 e. The van der Waals surface area contributed by atoms with Crippen LogP contribution in [0.1, 0.15) is 12.8 Å². The molecule has 1 saturated heterocycles. The van der Waals surface area contributed by atoms with Crippen LogP contribution in [0.2, 0.25) is 0 Å². The lowest BCUT2D eigenvalue weighted by Gasteiger charge is -2.29. The molecule has 0 aliphatic carbocycles. The van der Waals surface area contributed by atoms with Gasteiger partial charge in [-0.3, -0.25) is 5.04 Å². The number of alkyl halides is 2. The maximum absolute atomic E-state index is 13.0. The third-order valence-corrected chi connectivity index (χ3v) is 2.84. The third-order valence-electron chi connectivity index (χ3n) is 2.34. The SMILES string of the molecule is CN1CCC(OC(=O)C(F)(F)SOO[O-])CC1. The molecule has 0 spiro atoms. The Labute approximate surface area is 101 Å². The van der Waals surface area contributed by atoms with Gasteiger partial charge >= 0.3 is 11.2 Å². The topological polar surface area (TPSA) is 71.1 Å². The first kappa shape index (κ1) is 14.6. The molecule has 1 fully saturated rings. The van der Waals surface area contributed by atoms with E-state index in [4.69, 9.17) is 0 Å². The molecule has 0 amide bonds. The predicted molar refractivity (Wildman–Crippen MR) is 51.3 cm³/mol. The van der Waals surface area contributed by atoms with E-state index >= 15 is 0 Å². The molecule has 0 unspecified atom stereocenters. The summed E-state index contributed by atoms with van der Waals surface area (Å²) < 4.78 is 34.0. The lowest BCUT2D eigenvalue weighted by Crippen LogP contribution is -2.38. The Balaban J connectivity index is 2.37. The number of likely N-dealkylation sites (tertiary alicyclic amines) is 1. The number of piperidine rings is 1. The maximum atomic E-state index is 13.0. The van der Waals surface area contributed by atoms with Gasteiger partial charge in [0.05, 0.1) is 0 Å². The van der Waals surface area contributed by atoms with Crippen LogP contribution in [0.5, 0.6) is 0 Å². The molecule has 9 heteroatoms. The van der Waals surface area contributed by atoms with Crippen molar-refractivity contribution >= 4 is 18.0 Å². The lowest BCUT2D eigenvalue weighted by molar-refractivity contribution is -0.777. The fourth-order valence-electron chi connectivity index (χ4n) is 1.41. The van der Waals surface area contributed by atoms with Gasteiger partial charge in [0.25, 0.3) is 0 Å². The van der Waals surface area contributed by atoms with Crippen LogP contribution in [0.25, 0.3) is 0 Å². The third kappa shape index (κ3) is 4.72. The normalized spacial score (nSPS) is 19.3. The molecule has 0 aromatic heterocycles. The van der Waals surface area contributed by atoms with E-state index < -0.39 is 29.4 Å². The maximum Gasteiger partial charge on any atom is 0.415 e. The summed E-state index contributed by atoms with van der Waals surface area (Å²) in [5, 5.41) is 8.19. The zero-order valence-electron chi connectivity index (χ0n) is 9.06. The number of carbonyl (C=O) groups is 1. The molecule has 6 nitrogen and oxygen atoms in total. The summed E-state index contributed by atoms with van der Waals surface area (Å²) in [5.74, 6) is -1.73. The Bertz CT molecular complexity index is 260. The zero-order chi connectivity index (χ0) is 12.9. The molecule has 1 heterocycles. The quantitative estimate of drug-likeness (QED) is 0.304. The highest BCUT2D eigenvalue weighted by Gasteiger charge is 2.45. The summed E-state index contributed by atoms with van der Waals surface area (Å²) in [7, 11) is 1.89. The Morgan fingerprint density at radius 1 is 1.47 bits per heavy atom. The minimum atomic E-state index is -3.95. The Morgan fingerprint density at radius 2 is 2.06 bits per heavy atom. The number of hydrogen-bond acceptors (Lipinski definition) is 7. The van der Waals surface area contributed by atoms with Gasteiger partial charge in [-0.15, -0.1) is 0 Å². The van der Waals surface area contributed by atoms with E-state index in [1.807, 2.05) is 11.9 Å². The zero-order valence-corrected chi connectivity index (χ0v) is 9.87. The molecule has 0 aromatic carbocycles. The van der Waals surface area contributed by atoms with E-state index in [2.05, 4.69) is 14.1 Å². The molecular weight excluding hydrogens is 260 g/mol. The molecule has 100 valence electrons. The molecule has 0 saturated carbocycles. The number of rotatable bonds is 5. The van der Waals surface area contributed by atoms with Crippen molar-refractivity contribution in [1.29, 1.82) is 0 Å². The summed E-state index contributed by atoms with van der Waals surface area (Å²) in [6.45, 7) is 1.35. The number of halogens is 2. The van der Waals surface area contributed by atoms with Gasteiger partial charge in [0.2, 0.25) is 0 Å². The van der Waals surface area contributed by atoms with Crippen molar-refractivity contribution in [3.8, 4) is 0 Å². The number of ether oxygens (including phenoxy) is 1. The number of nitrogens with zero attached hydrogens (tertiary/aromatic N) is 1. The van der Waals surface area contributed by atoms with E-state index in [0.717, 1.165) is 0 Å². The highest BCUT2D eigenvalue weighted by atomic mass is 32.2. The molecule has 0 bridgehead atoms. The monoisotopic (exact) mass is 272 g/mol. The Morgan fingerprint density at radius 3 is 2.59 bits per heavy atom. The van der Waals surface area contributed by atoms with Crippen LogP contribution in [-0.2, 0) is 18.9 Å². The van der Waals surface area contributed by atoms with Crippen LogP contribution >= 0.6 is 12.0 Å². The van der Waals surface area contributed by atoms with Gasteiger partial charge in [-0.05, 0) is 19.9 Å². The van der Waals surface area contributed by atoms with Crippen molar-refractivity contribution in [2.75, 3.05) is 20.1 Å². The molecule has 1 aliphatic heterocycles. The van der Waals surface area contributed by atoms with Crippen LogP contribution in [-0.4, -0.2) is 42.4 Å². The fourth-order valence-corrected chi connectivity index (χ4v) is 1.64. The van der Waals surface area contributed by atoms with Gasteiger partial charge in [-0.1, -0.05) is 0 Å². The first-order valence-electron chi connectivity index (χ1n) is 4.87. The summed E-state index contributed by atoms with van der Waals surface area (Å²) in [5.41, 5.74) is 0. The van der Waals surface area contributed by atoms with Crippen molar-refractivity contribution in [1.82, 2.24) is 4.90 Å². The molecule has 0 N–H and O–H groups in total. The molecule has 0 aromatic rings. The minimum absolute atomic E-state index is 0.502. The van der Waals surface area contributed by atoms with Crippen LogP contribution in [0.15, 0.2) is 0 Å². The Hall–Kier alpha value is -0.480. The second-order valence-electron chi connectivity index (χ2n) is 3.64. The van der Waals surface area contributed by atoms with Crippen LogP contribution in [0, 0.1) is 0 Å². The van der Waals surface area contributed by atoms with Gasteiger partial charge in [-0.2, -0.15) is 13.1 Å². The molecule has 1 aliphatic rings. The smallest absolute Gasteiger partial charge is 0.415 e. The van der Waals surface area contributed by atoms with Crippen molar-refractivity contribution in [3.63, 3.8) is 0 Å². The first-order chi connectivity index (χ1) is 7.95. The number of hydrogen-bond donors (Lipinski definition) is 0. The highest BCUT2D eigenvalue weighted by Crippen LogP contribution is 2.32. The fraction of sp³-hybridized carbons (Fsp3) is 0.875. The lowest BCUT2D eigenvalue weighted by atomic mass is 10.1. The van der Waals surface area contributed by atoms with Gasteiger partial charge in [0.1, 0.15) is 18.1 Å². The second-order valence-corrected chi connectivity index (χ2v) is 4.46. The second kappa shape index (κ2) is 6.45. The van der Waals surface area contributed by atoms with Gasteiger partial charge in [0, 0.05) is 13.1 Å². The van der Waals surface area contributed by atoms with E-state index in [-0.39, 0.29) is 0 Å². The average Bonchev–Trinajstić information content (AvgIpc) is 2.29. The van der Waals surface area contributed by atoms with Crippen molar-refractivity contribution in [3.05, 3.63) is 0 Å². The van der Waals surface area contributed by atoms with E-state index in [1.54, 1.807) is 0 Å². The largest absolute Gasteiger partial charge is 0.691 e. The van der Waals surface area contributed by atoms with Crippen molar-refractivity contribution < 1.29 is 32.9 Å². The predicted octanol–water partition coefficient (Wildman–Crippen LogP) is 0.0883. The van der Waals surface area contributed by atoms with E-state index in [0.29, 0.717) is 25.9 Å². The first-order valence-corrected chi connectivity index (χ1v) is 5.61. The van der Waals surface area contributed by atoms with Crippen molar-refractivity contribution in [2.24, 2.45) is 0 Å². The summed E-state index contributed by atoms with van der Waals surface area (Å²) in [4.78, 5) is 13.1. The van der Waals surface area contributed by atoms with Gasteiger partial charge in [-0.25, -0.2) is 4.79 Å². The molecule has 1 rings (SSSR count). The van der Waals surface area contributed by atoms with Crippen LogP contribution in [0.3, 0.4) is 0 Å². The number of carbonyl (C=O) groups excluding carboxylic acids is 1. The molecule has 0 radical (unpaired) electrons. The van der Waals surface area contributed by atoms with Crippen LogP contribution in [0.4, 0.5) is 8.78 Å². The average molecular weight is 272 g/mol. The van der Waals surface area contributed by atoms with Gasteiger partial charge in [0.15, 0.2) is 0 Å². The Kier molecular flexibility index (Phi) is 5.53. The van der Waals surface area contributed by atoms with Gasteiger partial charge < -0.3 is 14.9 Å². The summed E-state index contributed by atoms with van der Waals surface area (Å²) in [6.07, 6.45) is 0.474. The molecule has 0 atom stereocenters.